The molecule has 216 valence electrons. The van der Waals surface area contributed by atoms with Crippen molar-refractivity contribution in [1.82, 2.24) is 0 Å². The van der Waals surface area contributed by atoms with Crippen LogP contribution in [0.25, 0.3) is 12.2 Å². The average molecular weight is 653 g/mol. The minimum Gasteiger partial charge on any atom is -0.744 e. The Bertz CT molecular complexity index is 1860. The zero-order valence-electron chi connectivity index (χ0n) is 24.0. The summed E-state index contributed by atoms with van der Waals surface area (Å²) in [5.74, 6) is 0.141. The van der Waals surface area contributed by atoms with Gasteiger partial charge in [0.15, 0.2) is 0 Å². The largest absolute Gasteiger partial charge is 1.00 e. The molecule has 0 unspecified atom stereocenters. The molecule has 0 bridgehead atoms. The molecule has 0 radical (unpaired) electrons. The summed E-state index contributed by atoms with van der Waals surface area (Å²) < 4.78 is 72.0. The number of aryl methyl sites for hydroxylation is 2. The van der Waals surface area contributed by atoms with E-state index < -0.39 is 30.0 Å². The predicted molar refractivity (Wildman–Crippen MR) is 152 cm³/mol. The van der Waals surface area contributed by atoms with Gasteiger partial charge in [0.25, 0.3) is 0 Å². The quantitative estimate of drug-likeness (QED) is 0.119. The van der Waals surface area contributed by atoms with Crippen LogP contribution in [0.15, 0.2) is 103 Å². The number of hydrogen-bond donors (Lipinski definition) is 2. The molecular weight excluding hydrogens is 630 g/mol. The number of aromatic hydroxyl groups is 2. The fraction of sp³-hybridized carbons (Fsp3) is 0.0714. The topological polar surface area (TPSA) is 204 Å². The summed E-state index contributed by atoms with van der Waals surface area (Å²) in [6, 6.07) is 16.3. The van der Waals surface area contributed by atoms with Crippen LogP contribution in [0.5, 0.6) is 11.5 Å². The monoisotopic (exact) mass is 652 g/mol. The molecule has 0 spiro atoms. The van der Waals surface area contributed by atoms with Gasteiger partial charge in [0.2, 0.25) is 0 Å². The van der Waals surface area contributed by atoms with Gasteiger partial charge in [-0.2, -0.15) is 20.5 Å². The third-order valence-corrected chi connectivity index (χ3v) is 7.68. The van der Waals surface area contributed by atoms with E-state index in [4.69, 9.17) is 0 Å². The standard InChI is InChI=1S/C28H24N4O8S2.2Na/c1-17-13-21(9-11-25(17)33)29-31-23-7-5-19(27(15-23)41(35,36)37)3-4-20-6-8-24(16-28(20)42(38,39)40)32-30-22-10-12-26(34)18(2)14-22;;/h3-16,33-34H,1-2H3,(H,35,36,37)(H,38,39,40);;/q;2*+1/p-2. The number of rotatable bonds is 8. The molecule has 4 aromatic rings. The van der Waals surface area contributed by atoms with Gasteiger partial charge < -0.3 is 19.3 Å². The van der Waals surface area contributed by atoms with Gasteiger partial charge in [-0.1, -0.05) is 24.3 Å². The first-order valence-electron chi connectivity index (χ1n) is 12.0. The number of azo groups is 2. The second-order valence-electron chi connectivity index (χ2n) is 9.03. The van der Waals surface area contributed by atoms with Crippen molar-refractivity contribution in [2.45, 2.75) is 23.6 Å². The summed E-state index contributed by atoms with van der Waals surface area (Å²) in [5, 5.41) is 35.1. The van der Waals surface area contributed by atoms with Crippen molar-refractivity contribution < 1.29 is 95.3 Å². The van der Waals surface area contributed by atoms with Crippen molar-refractivity contribution in [1.29, 1.82) is 0 Å². The molecule has 0 aliphatic rings. The molecule has 0 saturated carbocycles. The smallest absolute Gasteiger partial charge is 0.744 e. The molecule has 44 heavy (non-hydrogen) atoms. The van der Waals surface area contributed by atoms with Crippen molar-refractivity contribution in [3.8, 4) is 11.5 Å². The average Bonchev–Trinajstić information content (AvgIpc) is 2.92. The number of phenolic OH excluding ortho intramolecular Hbond substituents is 2. The van der Waals surface area contributed by atoms with E-state index in [2.05, 4.69) is 20.5 Å². The predicted octanol–water partition coefficient (Wildman–Crippen LogP) is 0.532. The Kier molecular flexibility index (Phi) is 13.2. The summed E-state index contributed by atoms with van der Waals surface area (Å²) in [5.41, 5.74) is 1.81. The van der Waals surface area contributed by atoms with E-state index in [-0.39, 0.29) is 93.1 Å². The van der Waals surface area contributed by atoms with E-state index in [1.165, 1.54) is 60.7 Å². The van der Waals surface area contributed by atoms with Gasteiger partial charge in [-0.05, 0) is 96.8 Å². The van der Waals surface area contributed by atoms with Crippen molar-refractivity contribution in [2.75, 3.05) is 0 Å². The summed E-state index contributed by atoms with van der Waals surface area (Å²) >= 11 is 0. The van der Waals surface area contributed by atoms with E-state index in [9.17, 15) is 36.2 Å². The van der Waals surface area contributed by atoms with E-state index in [0.717, 1.165) is 12.1 Å². The Morgan fingerprint density at radius 1 is 0.545 bits per heavy atom. The molecule has 4 aromatic carbocycles. The minimum absolute atomic E-state index is 0. The molecule has 0 aliphatic carbocycles. The van der Waals surface area contributed by atoms with Crippen LogP contribution >= 0.6 is 0 Å². The normalized spacial score (nSPS) is 12.0. The van der Waals surface area contributed by atoms with Gasteiger partial charge in [-0.3, -0.25) is 0 Å². The molecule has 0 aromatic heterocycles. The van der Waals surface area contributed by atoms with Crippen LogP contribution in [0, 0.1) is 13.8 Å². The molecular formula is C28H22N4Na2O8S2. The third kappa shape index (κ3) is 9.87. The van der Waals surface area contributed by atoms with Gasteiger partial charge in [0.05, 0.1) is 32.5 Å². The molecule has 0 aliphatic heterocycles. The van der Waals surface area contributed by atoms with Crippen molar-refractivity contribution in [2.24, 2.45) is 20.5 Å². The number of nitrogens with zero attached hydrogens (tertiary/aromatic N) is 4. The molecule has 4 rings (SSSR count). The maximum atomic E-state index is 12.0. The molecule has 0 saturated heterocycles. The van der Waals surface area contributed by atoms with Gasteiger partial charge in [0, 0.05) is 0 Å². The SMILES string of the molecule is Cc1cc(N=Nc2ccc(C=Cc3ccc(N=Nc4ccc(O)c(C)c4)cc3S(=O)(=O)[O-])c(S(=O)(=O)[O-])c2)ccc1O.[Na+].[Na+]. The van der Waals surface area contributed by atoms with E-state index >= 15 is 0 Å². The first-order chi connectivity index (χ1) is 19.7. The van der Waals surface area contributed by atoms with Crippen LogP contribution in [-0.2, 0) is 20.2 Å². The van der Waals surface area contributed by atoms with Crippen molar-refractivity contribution >= 4 is 55.1 Å². The maximum Gasteiger partial charge on any atom is 1.00 e. The van der Waals surface area contributed by atoms with Crippen LogP contribution in [0.3, 0.4) is 0 Å². The van der Waals surface area contributed by atoms with Gasteiger partial charge in [-0.25, -0.2) is 16.8 Å². The van der Waals surface area contributed by atoms with Crippen LogP contribution < -0.4 is 59.1 Å². The summed E-state index contributed by atoms with van der Waals surface area (Å²) in [4.78, 5) is -1.28. The number of hydrogen-bond acceptors (Lipinski definition) is 12. The molecule has 0 heterocycles. The van der Waals surface area contributed by atoms with Crippen LogP contribution in [0.1, 0.15) is 22.3 Å². The van der Waals surface area contributed by atoms with E-state index in [1.54, 1.807) is 26.0 Å². The Morgan fingerprint density at radius 3 is 1.14 bits per heavy atom. The van der Waals surface area contributed by atoms with E-state index in [1.807, 2.05) is 0 Å². The van der Waals surface area contributed by atoms with Crippen LogP contribution in [0.4, 0.5) is 22.7 Å². The summed E-state index contributed by atoms with van der Waals surface area (Å²) in [6.45, 7) is 3.33. The Morgan fingerprint density at radius 2 is 0.841 bits per heavy atom. The zero-order valence-corrected chi connectivity index (χ0v) is 29.7. The molecule has 0 amide bonds. The first kappa shape index (κ1) is 37.4. The van der Waals surface area contributed by atoms with Crippen molar-refractivity contribution in [3.05, 3.63) is 95.1 Å². The Labute approximate surface area is 298 Å². The number of benzene rings is 4. The van der Waals surface area contributed by atoms with Crippen LogP contribution in [-0.4, -0.2) is 36.2 Å². The fourth-order valence-corrected chi connectivity index (χ4v) is 5.07. The summed E-state index contributed by atoms with van der Waals surface area (Å²) in [6.07, 6.45) is 2.36. The summed E-state index contributed by atoms with van der Waals surface area (Å²) in [7, 11) is -10.00. The molecule has 0 atom stereocenters. The molecule has 16 heteroatoms. The molecule has 2 N–H and O–H groups in total. The first-order valence-corrected chi connectivity index (χ1v) is 14.8. The molecule has 12 nitrogen and oxygen atoms in total. The Balaban J connectivity index is 0.00000337. The molecule has 0 fully saturated rings. The fourth-order valence-electron chi connectivity index (χ4n) is 3.69. The maximum absolute atomic E-state index is 12.0. The number of phenols is 2. The van der Waals surface area contributed by atoms with Gasteiger partial charge >= 0.3 is 59.1 Å². The van der Waals surface area contributed by atoms with E-state index in [0.29, 0.717) is 22.5 Å². The minimum atomic E-state index is -5.00. The van der Waals surface area contributed by atoms with Crippen LogP contribution in [0.2, 0.25) is 0 Å². The van der Waals surface area contributed by atoms with Gasteiger partial charge in [0.1, 0.15) is 31.7 Å². The second kappa shape index (κ2) is 15.5. The third-order valence-electron chi connectivity index (χ3n) is 5.90. The second-order valence-corrected chi connectivity index (χ2v) is 11.7. The Hall–Kier alpha value is -2.76. The zero-order chi connectivity index (χ0) is 30.7. The van der Waals surface area contributed by atoms with Gasteiger partial charge in [-0.15, -0.1) is 0 Å². The van der Waals surface area contributed by atoms with Crippen molar-refractivity contribution in [3.63, 3.8) is 0 Å².